The Hall–Kier alpha value is -3.66. The molecule has 1 fully saturated rings. The fraction of sp³-hybridized carbons (Fsp3) is 0.185. The number of amides is 1. The van der Waals surface area contributed by atoms with Gasteiger partial charge in [0, 0.05) is 42.3 Å². The second-order valence-corrected chi connectivity index (χ2v) is 8.73. The number of nitrogens with zero attached hydrogens (tertiary/aromatic N) is 3. The summed E-state index contributed by atoms with van der Waals surface area (Å²) in [5.74, 6) is 0.0784. The van der Waals surface area contributed by atoms with Crippen LogP contribution in [0.25, 0.3) is 27.9 Å². The minimum Gasteiger partial charge on any atom is -0.331 e. The highest BCUT2D eigenvalue weighted by Crippen LogP contribution is 2.54. The fourth-order valence-corrected chi connectivity index (χ4v) is 4.90. The average molecular weight is 406 g/mol. The van der Waals surface area contributed by atoms with Gasteiger partial charge in [-0.3, -0.25) is 9.78 Å². The maximum atomic E-state index is 13.5. The van der Waals surface area contributed by atoms with E-state index in [-0.39, 0.29) is 11.4 Å². The van der Waals surface area contributed by atoms with Crippen molar-refractivity contribution in [3.8, 4) is 27.9 Å². The summed E-state index contributed by atoms with van der Waals surface area (Å²) < 4.78 is 2.09. The van der Waals surface area contributed by atoms with Crippen molar-refractivity contribution in [1.29, 1.82) is 0 Å². The third kappa shape index (κ3) is 2.68. The predicted octanol–water partition coefficient (Wildman–Crippen LogP) is 5.59. The van der Waals surface area contributed by atoms with Crippen molar-refractivity contribution in [2.75, 3.05) is 7.05 Å². The van der Waals surface area contributed by atoms with Gasteiger partial charge in [-0.05, 0) is 54.7 Å². The van der Waals surface area contributed by atoms with Gasteiger partial charge in [-0.2, -0.15) is 0 Å². The number of fused-ring (bicyclic) bond motifs is 4. The first kappa shape index (κ1) is 18.1. The van der Waals surface area contributed by atoms with E-state index >= 15 is 0 Å². The Bertz CT molecular complexity index is 1330. The summed E-state index contributed by atoms with van der Waals surface area (Å²) in [6.07, 6.45) is 7.89. The molecule has 0 bridgehead atoms. The van der Waals surface area contributed by atoms with Crippen LogP contribution in [-0.2, 0) is 5.54 Å². The molecule has 0 N–H and O–H groups in total. The predicted molar refractivity (Wildman–Crippen MR) is 122 cm³/mol. The lowest BCUT2D eigenvalue weighted by Gasteiger charge is -2.27. The number of carbonyl (C=O) groups is 1. The van der Waals surface area contributed by atoms with Gasteiger partial charge in [-0.1, -0.05) is 42.5 Å². The molecule has 1 amide bonds. The van der Waals surface area contributed by atoms with Crippen LogP contribution in [0.15, 0.2) is 79.3 Å². The van der Waals surface area contributed by atoms with Crippen molar-refractivity contribution in [1.82, 2.24) is 14.5 Å². The highest BCUT2D eigenvalue weighted by atomic mass is 16.2. The Morgan fingerprint density at radius 2 is 1.68 bits per heavy atom. The van der Waals surface area contributed by atoms with Gasteiger partial charge >= 0.3 is 0 Å². The third-order valence-corrected chi connectivity index (χ3v) is 6.78. The number of aryl methyl sites for hydroxylation is 1. The van der Waals surface area contributed by atoms with E-state index in [1.165, 1.54) is 5.56 Å². The largest absolute Gasteiger partial charge is 0.331 e. The van der Waals surface area contributed by atoms with E-state index in [1.807, 2.05) is 48.6 Å². The van der Waals surface area contributed by atoms with Crippen LogP contribution in [0, 0.1) is 6.92 Å². The van der Waals surface area contributed by atoms with Crippen LogP contribution in [0.1, 0.15) is 34.5 Å². The molecule has 3 heterocycles. The zero-order valence-electron chi connectivity index (χ0n) is 17.7. The first-order chi connectivity index (χ1) is 15.1. The highest BCUT2D eigenvalue weighted by Gasteiger charge is 2.53. The molecule has 0 radical (unpaired) electrons. The molecule has 2 aliphatic rings. The molecule has 6 rings (SSSR count). The molecule has 1 aliphatic carbocycles. The molecule has 1 saturated carbocycles. The SMILES string of the molecule is Cc1cncc(-c2ccc3c(c2)-n2cc(-c4ccccc4)cc2C(=O)N(C)C32CC2)c1. The second-order valence-electron chi connectivity index (χ2n) is 8.73. The first-order valence-electron chi connectivity index (χ1n) is 10.7. The molecule has 4 aromatic rings. The van der Waals surface area contributed by atoms with Gasteiger partial charge in [0.1, 0.15) is 5.69 Å². The lowest BCUT2D eigenvalue weighted by Crippen LogP contribution is -2.36. The average Bonchev–Trinajstić information content (AvgIpc) is 3.50. The van der Waals surface area contributed by atoms with Gasteiger partial charge < -0.3 is 9.47 Å². The van der Waals surface area contributed by atoms with Gasteiger partial charge in [0.2, 0.25) is 0 Å². The second kappa shape index (κ2) is 6.42. The smallest absolute Gasteiger partial charge is 0.271 e. The van der Waals surface area contributed by atoms with Crippen LogP contribution in [0.4, 0.5) is 0 Å². The van der Waals surface area contributed by atoms with Gasteiger partial charge in [0.15, 0.2) is 0 Å². The molecular formula is C27H23N3O. The molecule has 0 unspecified atom stereocenters. The van der Waals surface area contributed by atoms with Crippen LogP contribution >= 0.6 is 0 Å². The number of benzene rings is 2. The van der Waals surface area contributed by atoms with E-state index in [4.69, 9.17) is 0 Å². The summed E-state index contributed by atoms with van der Waals surface area (Å²) in [5, 5.41) is 0. The molecule has 2 aromatic carbocycles. The molecule has 1 spiro atoms. The topological polar surface area (TPSA) is 38.1 Å². The Labute approximate surface area is 181 Å². The maximum Gasteiger partial charge on any atom is 0.271 e. The van der Waals surface area contributed by atoms with Gasteiger partial charge in [0.05, 0.1) is 11.2 Å². The number of hydrogen-bond acceptors (Lipinski definition) is 2. The van der Waals surface area contributed by atoms with Crippen molar-refractivity contribution in [2.45, 2.75) is 25.3 Å². The molecule has 0 saturated heterocycles. The number of carbonyl (C=O) groups excluding carboxylic acids is 1. The molecule has 31 heavy (non-hydrogen) atoms. The van der Waals surface area contributed by atoms with Crippen molar-refractivity contribution < 1.29 is 4.79 Å². The van der Waals surface area contributed by atoms with Crippen LogP contribution in [-0.4, -0.2) is 27.4 Å². The van der Waals surface area contributed by atoms with Crippen LogP contribution in [0.3, 0.4) is 0 Å². The van der Waals surface area contributed by atoms with Crippen LogP contribution in [0.5, 0.6) is 0 Å². The van der Waals surface area contributed by atoms with E-state index in [0.717, 1.165) is 46.3 Å². The zero-order chi connectivity index (χ0) is 21.2. The maximum absolute atomic E-state index is 13.5. The van der Waals surface area contributed by atoms with Crippen molar-refractivity contribution in [3.05, 3.63) is 96.1 Å². The Morgan fingerprint density at radius 3 is 2.42 bits per heavy atom. The summed E-state index contributed by atoms with van der Waals surface area (Å²) in [7, 11) is 1.95. The Morgan fingerprint density at radius 1 is 0.871 bits per heavy atom. The van der Waals surface area contributed by atoms with E-state index in [0.29, 0.717) is 5.69 Å². The summed E-state index contributed by atoms with van der Waals surface area (Å²) >= 11 is 0. The Kier molecular flexibility index (Phi) is 3.75. The van der Waals surface area contributed by atoms with Gasteiger partial charge in [0.25, 0.3) is 5.91 Å². The van der Waals surface area contributed by atoms with E-state index < -0.39 is 0 Å². The summed E-state index contributed by atoms with van der Waals surface area (Å²) in [6, 6.07) is 21.0. The number of rotatable bonds is 2. The lowest BCUT2D eigenvalue weighted by atomic mass is 9.96. The number of aromatic nitrogens is 2. The monoisotopic (exact) mass is 405 g/mol. The number of hydrogen-bond donors (Lipinski definition) is 0. The lowest BCUT2D eigenvalue weighted by molar-refractivity contribution is 0.0705. The molecule has 4 heteroatoms. The summed E-state index contributed by atoms with van der Waals surface area (Å²) in [4.78, 5) is 19.8. The fourth-order valence-electron chi connectivity index (χ4n) is 4.90. The van der Waals surface area contributed by atoms with Crippen LogP contribution in [0.2, 0.25) is 0 Å². The van der Waals surface area contributed by atoms with Crippen molar-refractivity contribution in [3.63, 3.8) is 0 Å². The minimum absolute atomic E-state index is 0.0784. The molecular weight excluding hydrogens is 382 g/mol. The first-order valence-corrected chi connectivity index (χ1v) is 10.7. The van der Waals surface area contributed by atoms with Gasteiger partial charge in [-0.15, -0.1) is 0 Å². The molecule has 0 atom stereocenters. The normalized spacial score (nSPS) is 16.1. The van der Waals surface area contributed by atoms with E-state index in [1.54, 1.807) is 0 Å². The zero-order valence-corrected chi connectivity index (χ0v) is 17.7. The van der Waals surface area contributed by atoms with Crippen molar-refractivity contribution >= 4 is 5.91 Å². The minimum atomic E-state index is -0.193. The Balaban J connectivity index is 1.60. The van der Waals surface area contributed by atoms with Crippen LogP contribution < -0.4 is 0 Å². The van der Waals surface area contributed by atoms with E-state index in [9.17, 15) is 4.79 Å². The molecule has 1 aliphatic heterocycles. The summed E-state index contributed by atoms with van der Waals surface area (Å²) in [5.41, 5.74) is 8.34. The summed E-state index contributed by atoms with van der Waals surface area (Å²) in [6.45, 7) is 2.06. The molecule has 2 aromatic heterocycles. The van der Waals surface area contributed by atoms with Gasteiger partial charge in [-0.25, -0.2) is 0 Å². The number of pyridine rings is 1. The standard InChI is InChI=1S/C27H23N3O/c1-18-12-21(16-28-15-18)20-8-9-23-24(13-20)30-17-22(19-6-4-3-5-7-19)14-25(30)26(31)29(2)27(23)10-11-27/h3-9,12-17H,10-11H2,1-2H3. The van der Waals surface area contributed by atoms with Crippen molar-refractivity contribution in [2.24, 2.45) is 0 Å². The molecule has 152 valence electrons. The van der Waals surface area contributed by atoms with E-state index in [2.05, 4.69) is 59.1 Å². The highest BCUT2D eigenvalue weighted by molar-refractivity contribution is 5.97. The third-order valence-electron chi connectivity index (χ3n) is 6.78. The molecule has 4 nitrogen and oxygen atoms in total. The quantitative estimate of drug-likeness (QED) is 0.436.